The summed E-state index contributed by atoms with van der Waals surface area (Å²) in [6.45, 7) is 2.08. The maximum absolute atomic E-state index is 11.5. The molecule has 0 saturated carbocycles. The lowest BCUT2D eigenvalue weighted by Gasteiger charge is -2.20. The lowest BCUT2D eigenvalue weighted by atomic mass is 9.78. The Morgan fingerprint density at radius 3 is 2.92 bits per heavy atom. The summed E-state index contributed by atoms with van der Waals surface area (Å²) in [7, 11) is 0. The Morgan fingerprint density at radius 2 is 2.15 bits per heavy atom. The molecule has 3 nitrogen and oxygen atoms in total. The van der Waals surface area contributed by atoms with E-state index in [9.17, 15) is 4.79 Å². The Hall–Kier alpha value is -0.570. The molecule has 13 heavy (non-hydrogen) atoms. The van der Waals surface area contributed by atoms with Crippen LogP contribution in [0.5, 0.6) is 0 Å². The highest BCUT2D eigenvalue weighted by molar-refractivity contribution is 5.76. The monoisotopic (exact) mass is 182 g/mol. The molecule has 0 aromatic heterocycles. The fourth-order valence-electron chi connectivity index (χ4n) is 3.16. The van der Waals surface area contributed by atoms with Gasteiger partial charge in [-0.25, -0.2) is 0 Å². The van der Waals surface area contributed by atoms with Crippen molar-refractivity contribution in [2.45, 2.75) is 44.5 Å². The van der Waals surface area contributed by atoms with Crippen LogP contribution in [-0.4, -0.2) is 24.3 Å². The van der Waals surface area contributed by atoms with Gasteiger partial charge in [0.1, 0.15) is 6.10 Å². The van der Waals surface area contributed by atoms with Crippen molar-refractivity contribution in [2.24, 2.45) is 11.8 Å². The summed E-state index contributed by atoms with van der Waals surface area (Å²) >= 11 is 0. The number of carbonyl (C=O) groups excluding carboxylic acids is 1. The molecule has 0 unspecified atom stereocenters. The molecule has 0 aliphatic carbocycles. The molecular weight excluding hydrogens is 168 g/mol. The van der Waals surface area contributed by atoms with Gasteiger partial charge < -0.3 is 9.47 Å². The van der Waals surface area contributed by atoms with Gasteiger partial charge in [-0.05, 0) is 19.3 Å². The summed E-state index contributed by atoms with van der Waals surface area (Å²) in [5.74, 6) is 0.434. The molecule has 0 radical (unpaired) electrons. The van der Waals surface area contributed by atoms with Crippen LogP contribution in [0.15, 0.2) is 0 Å². The molecule has 0 aromatic rings. The predicted molar refractivity (Wildman–Crippen MR) is 45.0 cm³/mol. The summed E-state index contributed by atoms with van der Waals surface area (Å²) in [6.07, 6.45) is 3.73. The average molecular weight is 182 g/mol. The van der Waals surface area contributed by atoms with Gasteiger partial charge in [-0.1, -0.05) is 6.92 Å². The van der Waals surface area contributed by atoms with Crippen molar-refractivity contribution in [1.29, 1.82) is 0 Å². The number of cyclic esters (lactones) is 1. The minimum atomic E-state index is -0.0101. The van der Waals surface area contributed by atoms with Gasteiger partial charge in [-0.2, -0.15) is 0 Å². The van der Waals surface area contributed by atoms with Gasteiger partial charge in [0.15, 0.2) is 0 Å². The summed E-state index contributed by atoms with van der Waals surface area (Å²) in [6, 6.07) is 0. The maximum Gasteiger partial charge on any atom is 0.312 e. The summed E-state index contributed by atoms with van der Waals surface area (Å²) in [4.78, 5) is 11.5. The largest absolute Gasteiger partial charge is 0.462 e. The predicted octanol–water partition coefficient (Wildman–Crippen LogP) is 1.12. The molecule has 3 aliphatic rings. The van der Waals surface area contributed by atoms with Crippen molar-refractivity contribution in [3.63, 3.8) is 0 Å². The van der Waals surface area contributed by atoms with Crippen molar-refractivity contribution in [3.05, 3.63) is 0 Å². The van der Waals surface area contributed by atoms with Crippen molar-refractivity contribution in [3.8, 4) is 0 Å². The lowest BCUT2D eigenvalue weighted by Crippen LogP contribution is -2.30. The normalized spacial score (nSPS) is 52.4. The second-order valence-corrected chi connectivity index (χ2v) is 4.28. The molecular formula is C10H14O3. The van der Waals surface area contributed by atoms with Crippen LogP contribution in [0, 0.1) is 11.8 Å². The first-order valence-corrected chi connectivity index (χ1v) is 5.17. The zero-order chi connectivity index (χ0) is 9.00. The number of esters is 1. The van der Waals surface area contributed by atoms with Gasteiger partial charge >= 0.3 is 5.97 Å². The molecule has 0 N–H and O–H groups in total. The van der Waals surface area contributed by atoms with Crippen LogP contribution in [0.25, 0.3) is 0 Å². The van der Waals surface area contributed by atoms with E-state index in [-0.39, 0.29) is 24.1 Å². The fraction of sp³-hybridized carbons (Fsp3) is 0.900. The summed E-state index contributed by atoms with van der Waals surface area (Å²) < 4.78 is 11.1. The van der Waals surface area contributed by atoms with E-state index in [2.05, 4.69) is 6.92 Å². The van der Waals surface area contributed by atoms with E-state index in [1.807, 2.05) is 0 Å². The van der Waals surface area contributed by atoms with Crippen LogP contribution in [0.2, 0.25) is 0 Å². The Kier molecular flexibility index (Phi) is 1.48. The molecule has 3 heteroatoms. The first kappa shape index (κ1) is 7.80. The van der Waals surface area contributed by atoms with Gasteiger partial charge in [0, 0.05) is 5.92 Å². The van der Waals surface area contributed by atoms with Crippen LogP contribution in [0.4, 0.5) is 0 Å². The van der Waals surface area contributed by atoms with Gasteiger partial charge in [0.05, 0.1) is 18.1 Å². The maximum atomic E-state index is 11.5. The Morgan fingerprint density at radius 1 is 1.38 bits per heavy atom. The Balaban J connectivity index is 1.92. The van der Waals surface area contributed by atoms with Crippen LogP contribution >= 0.6 is 0 Å². The molecule has 3 saturated heterocycles. The third-order valence-corrected chi connectivity index (χ3v) is 3.70. The van der Waals surface area contributed by atoms with E-state index in [1.54, 1.807) is 0 Å². The number of fused-ring (bicyclic) bond motifs is 5. The van der Waals surface area contributed by atoms with Gasteiger partial charge in [0.2, 0.25) is 0 Å². The zero-order valence-corrected chi connectivity index (χ0v) is 7.73. The molecule has 5 atom stereocenters. The number of ether oxygens (including phenoxy) is 2. The van der Waals surface area contributed by atoms with Gasteiger partial charge in [0.25, 0.3) is 0 Å². The van der Waals surface area contributed by atoms with Crippen LogP contribution < -0.4 is 0 Å². The molecule has 3 rings (SSSR count). The van der Waals surface area contributed by atoms with Gasteiger partial charge in [-0.15, -0.1) is 0 Å². The smallest absolute Gasteiger partial charge is 0.312 e. The highest BCUT2D eigenvalue weighted by Gasteiger charge is 2.60. The average Bonchev–Trinajstić information content (AvgIpc) is 2.76. The zero-order valence-electron chi connectivity index (χ0n) is 7.73. The van der Waals surface area contributed by atoms with E-state index in [4.69, 9.17) is 9.47 Å². The minimum absolute atomic E-state index is 0.0101. The first-order chi connectivity index (χ1) is 6.31. The lowest BCUT2D eigenvalue weighted by molar-refractivity contribution is -0.147. The SMILES string of the molecule is CC[C@H]1OC(=O)[C@@H]2[C@H]1[C@H]1CC[C@@H]2O1. The number of carbonyl (C=O) groups is 1. The topological polar surface area (TPSA) is 35.5 Å². The van der Waals surface area contributed by atoms with E-state index >= 15 is 0 Å². The molecule has 0 aromatic carbocycles. The number of rotatable bonds is 1. The molecule has 3 heterocycles. The van der Waals surface area contributed by atoms with Crippen LogP contribution in [-0.2, 0) is 14.3 Å². The molecule has 2 bridgehead atoms. The standard InChI is InChI=1S/C10H14O3/c1-2-5-8-6-3-4-7(12-6)9(8)10(11)13-5/h5-9H,2-4H2,1H3/t5-,6-,7+,8-,9+/m1/s1. The fourth-order valence-corrected chi connectivity index (χ4v) is 3.16. The summed E-state index contributed by atoms with van der Waals surface area (Å²) in [5, 5.41) is 0. The Labute approximate surface area is 77.4 Å². The van der Waals surface area contributed by atoms with Crippen molar-refractivity contribution >= 4 is 5.97 Å². The third kappa shape index (κ3) is 0.857. The second-order valence-electron chi connectivity index (χ2n) is 4.28. The third-order valence-electron chi connectivity index (χ3n) is 3.70. The first-order valence-electron chi connectivity index (χ1n) is 5.17. The van der Waals surface area contributed by atoms with Crippen LogP contribution in [0.3, 0.4) is 0 Å². The van der Waals surface area contributed by atoms with E-state index in [0.29, 0.717) is 12.0 Å². The van der Waals surface area contributed by atoms with E-state index in [1.165, 1.54) is 0 Å². The quantitative estimate of drug-likeness (QED) is 0.570. The molecule has 0 amide bonds. The van der Waals surface area contributed by atoms with E-state index in [0.717, 1.165) is 19.3 Å². The van der Waals surface area contributed by atoms with E-state index < -0.39 is 0 Å². The molecule has 72 valence electrons. The summed E-state index contributed by atoms with van der Waals surface area (Å²) in [5.41, 5.74) is 0. The highest BCUT2D eigenvalue weighted by atomic mass is 16.6. The number of hydrogen-bond acceptors (Lipinski definition) is 3. The van der Waals surface area contributed by atoms with Gasteiger partial charge in [-0.3, -0.25) is 4.79 Å². The minimum Gasteiger partial charge on any atom is -0.462 e. The van der Waals surface area contributed by atoms with Crippen molar-refractivity contribution < 1.29 is 14.3 Å². The van der Waals surface area contributed by atoms with Crippen molar-refractivity contribution in [1.82, 2.24) is 0 Å². The van der Waals surface area contributed by atoms with Crippen LogP contribution in [0.1, 0.15) is 26.2 Å². The molecule has 3 fully saturated rings. The highest BCUT2D eigenvalue weighted by Crippen LogP contribution is 2.50. The van der Waals surface area contributed by atoms with Crippen molar-refractivity contribution in [2.75, 3.05) is 0 Å². The molecule has 3 aliphatic heterocycles. The Bertz CT molecular complexity index is 251. The molecule has 0 spiro atoms. The number of hydrogen-bond donors (Lipinski definition) is 0. The second kappa shape index (κ2) is 2.47.